The molecule has 2 aromatic rings. The van der Waals surface area contributed by atoms with Gasteiger partial charge in [0.2, 0.25) is 5.91 Å². The van der Waals surface area contributed by atoms with Gasteiger partial charge in [-0.1, -0.05) is 18.2 Å². The first kappa shape index (κ1) is 17.9. The zero-order chi connectivity index (χ0) is 18.6. The number of pyridine rings is 1. The molecule has 5 heteroatoms. The number of halogens is 1. The summed E-state index contributed by atoms with van der Waals surface area (Å²) in [5.41, 5.74) is 2.09. The van der Waals surface area contributed by atoms with Crippen molar-refractivity contribution in [1.82, 2.24) is 15.2 Å². The molecule has 0 spiro atoms. The number of amides is 1. The van der Waals surface area contributed by atoms with Gasteiger partial charge >= 0.3 is 0 Å². The van der Waals surface area contributed by atoms with Crippen molar-refractivity contribution in [1.29, 1.82) is 0 Å². The standard InChI is InChI=1S/C22H24FN3O.H2/c23-18-6-3-17(4-7-18)13-26-14-20-19(21(20)15-26)9-11-25-22(27)8-5-16-2-1-10-24-12-16;/h1-8,10,12,19-21H,9,11,13-15H2,(H,25,27);1H/b8-5+;/t19?,20-,21+;. The van der Waals surface area contributed by atoms with Gasteiger partial charge in [0.25, 0.3) is 0 Å². The summed E-state index contributed by atoms with van der Waals surface area (Å²) in [4.78, 5) is 18.4. The van der Waals surface area contributed by atoms with Gasteiger partial charge in [-0.3, -0.25) is 14.7 Å². The van der Waals surface area contributed by atoms with Gasteiger partial charge in [0.15, 0.2) is 0 Å². The van der Waals surface area contributed by atoms with E-state index in [0.29, 0.717) is 0 Å². The molecule has 2 aliphatic rings. The van der Waals surface area contributed by atoms with Crippen LogP contribution in [0.5, 0.6) is 0 Å². The van der Waals surface area contributed by atoms with Crippen molar-refractivity contribution in [2.75, 3.05) is 19.6 Å². The summed E-state index contributed by atoms with van der Waals surface area (Å²) in [6.45, 7) is 3.85. The summed E-state index contributed by atoms with van der Waals surface area (Å²) in [6, 6.07) is 10.6. The molecule has 1 unspecified atom stereocenters. The van der Waals surface area contributed by atoms with Crippen LogP contribution < -0.4 is 5.32 Å². The third-order valence-corrected chi connectivity index (χ3v) is 5.65. The third-order valence-electron chi connectivity index (χ3n) is 5.65. The van der Waals surface area contributed by atoms with E-state index in [9.17, 15) is 9.18 Å². The molecule has 0 radical (unpaired) electrons. The maximum Gasteiger partial charge on any atom is 0.244 e. The van der Waals surface area contributed by atoms with Crippen molar-refractivity contribution < 1.29 is 10.6 Å². The third kappa shape index (κ3) is 4.61. The van der Waals surface area contributed by atoms with Crippen molar-refractivity contribution in [3.63, 3.8) is 0 Å². The normalized spacial score (nSPS) is 24.1. The Bertz CT molecular complexity index is 800. The first-order valence-corrected chi connectivity index (χ1v) is 9.52. The van der Waals surface area contributed by atoms with Crippen LogP contribution in [0.15, 0.2) is 54.9 Å². The molecule has 4 rings (SSSR count). The highest BCUT2D eigenvalue weighted by Gasteiger charge is 2.54. The zero-order valence-corrected chi connectivity index (χ0v) is 15.2. The molecule has 1 N–H and O–H groups in total. The average Bonchev–Trinajstić information content (AvgIpc) is 3.13. The molecule has 0 bridgehead atoms. The fraction of sp³-hybridized carbons (Fsp3) is 0.364. The molecular weight excluding hydrogens is 341 g/mol. The predicted octanol–water partition coefficient (Wildman–Crippen LogP) is 3.36. The van der Waals surface area contributed by atoms with Crippen LogP contribution in [0.2, 0.25) is 0 Å². The summed E-state index contributed by atoms with van der Waals surface area (Å²) in [5.74, 6) is 2.02. The number of carbonyl (C=O) groups excluding carboxylic acids is 1. The second-order valence-corrected chi connectivity index (χ2v) is 7.51. The van der Waals surface area contributed by atoms with Gasteiger partial charge in [-0.2, -0.15) is 0 Å². The minimum Gasteiger partial charge on any atom is -0.353 e. The Balaban J connectivity index is 0.00000225. The topological polar surface area (TPSA) is 45.2 Å². The minimum absolute atomic E-state index is 0. The highest BCUT2D eigenvalue weighted by molar-refractivity contribution is 5.91. The fourth-order valence-electron chi connectivity index (χ4n) is 4.21. The molecule has 1 aromatic carbocycles. The van der Waals surface area contributed by atoms with Crippen molar-refractivity contribution in [2.45, 2.75) is 13.0 Å². The molecule has 1 aromatic heterocycles. The number of aromatic nitrogens is 1. The molecule has 4 nitrogen and oxygen atoms in total. The second-order valence-electron chi connectivity index (χ2n) is 7.51. The van der Waals surface area contributed by atoms with E-state index in [0.717, 1.165) is 55.9 Å². The second kappa shape index (κ2) is 8.01. The number of piperidine rings is 1. The average molecular weight is 367 g/mol. The van der Waals surface area contributed by atoms with Gasteiger partial charge in [0, 0.05) is 46.1 Å². The molecule has 1 saturated heterocycles. The lowest BCUT2D eigenvalue weighted by Gasteiger charge is -2.19. The van der Waals surface area contributed by atoms with Crippen LogP contribution in [0.3, 0.4) is 0 Å². The van der Waals surface area contributed by atoms with E-state index in [1.807, 2.05) is 24.3 Å². The fourth-order valence-corrected chi connectivity index (χ4v) is 4.21. The predicted molar refractivity (Wildman–Crippen MR) is 105 cm³/mol. The first-order valence-electron chi connectivity index (χ1n) is 9.52. The molecule has 1 aliphatic carbocycles. The summed E-state index contributed by atoms with van der Waals surface area (Å²) >= 11 is 0. The molecule has 2 heterocycles. The summed E-state index contributed by atoms with van der Waals surface area (Å²) < 4.78 is 13.0. The molecule has 2 fully saturated rings. The number of rotatable bonds is 7. The van der Waals surface area contributed by atoms with Gasteiger partial charge < -0.3 is 5.32 Å². The summed E-state index contributed by atoms with van der Waals surface area (Å²) in [7, 11) is 0. The quantitative estimate of drug-likeness (QED) is 0.763. The van der Waals surface area contributed by atoms with E-state index in [1.165, 1.54) is 17.7 Å². The van der Waals surface area contributed by atoms with E-state index in [-0.39, 0.29) is 13.2 Å². The van der Waals surface area contributed by atoms with Crippen molar-refractivity contribution in [3.8, 4) is 0 Å². The monoisotopic (exact) mass is 367 g/mol. The van der Waals surface area contributed by atoms with E-state index < -0.39 is 0 Å². The Kier molecular flexibility index (Phi) is 5.30. The first-order chi connectivity index (χ1) is 13.2. The number of nitrogens with zero attached hydrogens (tertiary/aromatic N) is 2. The van der Waals surface area contributed by atoms with Crippen LogP contribution in [0.4, 0.5) is 4.39 Å². The van der Waals surface area contributed by atoms with Crippen LogP contribution in [-0.2, 0) is 11.3 Å². The molecule has 3 atom stereocenters. The Morgan fingerprint density at radius 3 is 2.74 bits per heavy atom. The molecule has 1 saturated carbocycles. The van der Waals surface area contributed by atoms with Crippen LogP contribution in [0.25, 0.3) is 6.08 Å². The highest BCUT2D eigenvalue weighted by Crippen LogP contribution is 2.53. The van der Waals surface area contributed by atoms with E-state index >= 15 is 0 Å². The molecular formula is C22H26FN3O. The highest BCUT2D eigenvalue weighted by atomic mass is 19.1. The van der Waals surface area contributed by atoms with Crippen LogP contribution in [0.1, 0.15) is 19.0 Å². The maximum atomic E-state index is 13.0. The maximum absolute atomic E-state index is 13.0. The SMILES string of the molecule is O=C(/C=C/c1cccnc1)NCCC1[C@H]2CN(Cc3ccc(F)cc3)C[C@@H]12.[HH]. The lowest BCUT2D eigenvalue weighted by atomic mass is 10.1. The number of carbonyl (C=O) groups is 1. The number of fused-ring (bicyclic) bond motifs is 1. The van der Waals surface area contributed by atoms with E-state index in [1.54, 1.807) is 24.5 Å². The van der Waals surface area contributed by atoms with Crippen molar-refractivity contribution in [3.05, 3.63) is 71.8 Å². The van der Waals surface area contributed by atoms with Crippen LogP contribution in [0, 0.1) is 23.6 Å². The molecule has 1 amide bonds. The summed E-state index contributed by atoms with van der Waals surface area (Å²) in [5, 5.41) is 2.97. The van der Waals surface area contributed by atoms with E-state index in [4.69, 9.17) is 0 Å². The Morgan fingerprint density at radius 1 is 1.26 bits per heavy atom. The van der Waals surface area contributed by atoms with Gasteiger partial charge in [-0.15, -0.1) is 0 Å². The van der Waals surface area contributed by atoms with Crippen LogP contribution in [-0.4, -0.2) is 35.4 Å². The molecule has 27 heavy (non-hydrogen) atoms. The molecule has 142 valence electrons. The number of hydrogen-bond acceptors (Lipinski definition) is 3. The van der Waals surface area contributed by atoms with Gasteiger partial charge in [0.05, 0.1) is 0 Å². The summed E-state index contributed by atoms with van der Waals surface area (Å²) in [6.07, 6.45) is 7.83. The number of benzene rings is 1. The number of likely N-dealkylation sites (tertiary alicyclic amines) is 1. The number of hydrogen-bond donors (Lipinski definition) is 1. The van der Waals surface area contributed by atoms with Gasteiger partial charge in [-0.25, -0.2) is 4.39 Å². The van der Waals surface area contributed by atoms with Crippen molar-refractivity contribution in [2.24, 2.45) is 17.8 Å². The lowest BCUT2D eigenvalue weighted by Crippen LogP contribution is -2.26. The lowest BCUT2D eigenvalue weighted by molar-refractivity contribution is -0.116. The number of nitrogens with one attached hydrogen (secondary N) is 1. The van der Waals surface area contributed by atoms with Gasteiger partial charge in [0.1, 0.15) is 5.82 Å². The Labute approximate surface area is 160 Å². The van der Waals surface area contributed by atoms with Gasteiger partial charge in [-0.05, 0) is 59.6 Å². The minimum atomic E-state index is -0.180. The Hall–Kier alpha value is -2.53. The smallest absolute Gasteiger partial charge is 0.244 e. The Morgan fingerprint density at radius 2 is 2.04 bits per heavy atom. The zero-order valence-electron chi connectivity index (χ0n) is 15.2. The van der Waals surface area contributed by atoms with Crippen LogP contribution >= 0.6 is 0 Å². The molecule has 1 aliphatic heterocycles. The van der Waals surface area contributed by atoms with Crippen molar-refractivity contribution >= 4 is 12.0 Å². The van der Waals surface area contributed by atoms with E-state index in [2.05, 4.69) is 15.2 Å². The largest absolute Gasteiger partial charge is 0.353 e.